The summed E-state index contributed by atoms with van der Waals surface area (Å²) in [7, 11) is 1.70. The van der Waals surface area contributed by atoms with Gasteiger partial charge in [0.05, 0.1) is 12.1 Å². The molecule has 0 bridgehead atoms. The van der Waals surface area contributed by atoms with E-state index in [1.54, 1.807) is 25.3 Å². The summed E-state index contributed by atoms with van der Waals surface area (Å²) in [4.78, 5) is 13.8. The van der Waals surface area contributed by atoms with Gasteiger partial charge in [-0.3, -0.25) is 9.69 Å². The van der Waals surface area contributed by atoms with E-state index in [1.165, 1.54) is 6.92 Å². The maximum Gasteiger partial charge on any atom is 0.387 e. The van der Waals surface area contributed by atoms with Crippen molar-refractivity contribution in [3.05, 3.63) is 29.8 Å². The molecule has 144 valence electrons. The Kier molecular flexibility index (Phi) is 6.09. The minimum atomic E-state index is -2.81. The predicted molar refractivity (Wildman–Crippen MR) is 93.0 cm³/mol. The van der Waals surface area contributed by atoms with Gasteiger partial charge in [0.25, 0.3) is 0 Å². The lowest BCUT2D eigenvalue weighted by Crippen LogP contribution is -2.49. The summed E-state index contributed by atoms with van der Waals surface area (Å²) in [6, 6.07) is 6.94. The number of amides is 1. The summed E-state index contributed by atoms with van der Waals surface area (Å²) in [5, 5.41) is 3.02. The highest BCUT2D eigenvalue weighted by Gasteiger charge is 2.42. The zero-order chi connectivity index (χ0) is 18.7. The van der Waals surface area contributed by atoms with Crippen molar-refractivity contribution in [2.45, 2.75) is 45.1 Å². The predicted octanol–water partition coefficient (Wildman–Crippen LogP) is 2.65. The van der Waals surface area contributed by atoms with Crippen LogP contribution in [0, 0.1) is 11.8 Å². The number of ether oxygens (including phenoxy) is 2. The average Bonchev–Trinajstić information content (AvgIpc) is 2.94. The number of alkyl halides is 2. The van der Waals surface area contributed by atoms with Crippen LogP contribution in [-0.4, -0.2) is 49.8 Å². The highest BCUT2D eigenvalue weighted by molar-refractivity contribution is 5.73. The topological polar surface area (TPSA) is 50.8 Å². The first kappa shape index (κ1) is 19.0. The number of carbonyl (C=O) groups excluding carboxylic acids is 1. The molecule has 1 amide bonds. The Morgan fingerprint density at radius 1 is 1.31 bits per heavy atom. The molecular formula is C19H26F2N2O3. The van der Waals surface area contributed by atoms with Gasteiger partial charge < -0.3 is 14.8 Å². The van der Waals surface area contributed by atoms with E-state index in [1.807, 2.05) is 6.07 Å². The fourth-order valence-corrected chi connectivity index (χ4v) is 4.39. The van der Waals surface area contributed by atoms with Crippen molar-refractivity contribution in [2.75, 3.05) is 20.2 Å². The van der Waals surface area contributed by atoms with Crippen LogP contribution in [0.5, 0.6) is 5.75 Å². The quantitative estimate of drug-likeness (QED) is 0.839. The molecule has 1 N–H and O–H groups in total. The Labute approximate surface area is 152 Å². The van der Waals surface area contributed by atoms with Gasteiger partial charge in [0, 0.05) is 33.7 Å². The SMILES string of the molecule is CO[C@@H]1C[C@H]2CN(Cc3cccc(OC(F)F)c3)C[C@H]2C[C@H]1NC(C)=O. The smallest absolute Gasteiger partial charge is 0.387 e. The van der Waals surface area contributed by atoms with E-state index in [-0.39, 0.29) is 23.8 Å². The van der Waals surface area contributed by atoms with Gasteiger partial charge in [-0.15, -0.1) is 0 Å². The summed E-state index contributed by atoms with van der Waals surface area (Å²) >= 11 is 0. The number of carbonyl (C=O) groups is 1. The second-order valence-corrected chi connectivity index (χ2v) is 7.29. The Hall–Kier alpha value is -1.73. The van der Waals surface area contributed by atoms with Gasteiger partial charge in [-0.1, -0.05) is 12.1 Å². The minimum Gasteiger partial charge on any atom is -0.435 e. The van der Waals surface area contributed by atoms with E-state index in [9.17, 15) is 13.6 Å². The maximum absolute atomic E-state index is 12.4. The molecule has 1 heterocycles. The molecule has 0 aromatic heterocycles. The molecule has 3 rings (SSSR count). The van der Waals surface area contributed by atoms with Crippen molar-refractivity contribution >= 4 is 5.91 Å². The minimum absolute atomic E-state index is 0.0267. The van der Waals surface area contributed by atoms with Crippen LogP contribution < -0.4 is 10.1 Å². The van der Waals surface area contributed by atoms with Crippen LogP contribution in [0.1, 0.15) is 25.3 Å². The average molecular weight is 368 g/mol. The number of fused-ring (bicyclic) bond motifs is 1. The van der Waals surface area contributed by atoms with Gasteiger partial charge in [-0.25, -0.2) is 0 Å². The summed E-state index contributed by atoms with van der Waals surface area (Å²) in [5.74, 6) is 1.21. The summed E-state index contributed by atoms with van der Waals surface area (Å²) < 4.78 is 34.8. The standard InChI is InChI=1S/C19H26F2N2O3/c1-12(24)22-17-7-14-10-23(11-15(14)8-18(17)25-2)9-13-4-3-5-16(6-13)26-19(20)21/h3-6,14-15,17-19H,7-11H2,1-2H3,(H,22,24)/t14-,15+,17-,18-/m1/s1. The first-order valence-electron chi connectivity index (χ1n) is 9.00. The number of nitrogens with one attached hydrogen (secondary N) is 1. The largest absolute Gasteiger partial charge is 0.435 e. The van der Waals surface area contributed by atoms with Crippen molar-refractivity contribution < 1.29 is 23.0 Å². The molecule has 1 aliphatic heterocycles. The van der Waals surface area contributed by atoms with Gasteiger partial charge in [0.1, 0.15) is 5.75 Å². The van der Waals surface area contributed by atoms with E-state index in [0.29, 0.717) is 18.4 Å². The zero-order valence-corrected chi connectivity index (χ0v) is 15.2. The highest BCUT2D eigenvalue weighted by Crippen LogP contribution is 2.38. The third kappa shape index (κ3) is 4.71. The van der Waals surface area contributed by atoms with Gasteiger partial charge in [0.15, 0.2) is 0 Å². The molecule has 4 atom stereocenters. The molecule has 1 aromatic carbocycles. The molecule has 1 saturated carbocycles. The molecule has 1 aromatic rings. The lowest BCUT2D eigenvalue weighted by Gasteiger charge is -2.37. The van der Waals surface area contributed by atoms with E-state index < -0.39 is 6.61 Å². The lowest BCUT2D eigenvalue weighted by atomic mass is 9.77. The number of rotatable bonds is 6. The normalized spacial score (nSPS) is 28.8. The van der Waals surface area contributed by atoms with Crippen LogP contribution in [0.2, 0.25) is 0 Å². The molecule has 0 radical (unpaired) electrons. The van der Waals surface area contributed by atoms with Crippen molar-refractivity contribution in [3.63, 3.8) is 0 Å². The Bertz CT molecular complexity index is 629. The molecule has 1 aliphatic carbocycles. The van der Waals surface area contributed by atoms with Crippen LogP contribution in [0.4, 0.5) is 8.78 Å². The van der Waals surface area contributed by atoms with Crippen molar-refractivity contribution in [1.29, 1.82) is 0 Å². The van der Waals surface area contributed by atoms with Gasteiger partial charge in [-0.2, -0.15) is 8.78 Å². The second kappa shape index (κ2) is 8.31. The molecule has 26 heavy (non-hydrogen) atoms. The van der Waals surface area contributed by atoms with E-state index in [4.69, 9.17) is 4.74 Å². The summed E-state index contributed by atoms with van der Waals surface area (Å²) in [6.07, 6.45) is 1.88. The van der Waals surface area contributed by atoms with Crippen molar-refractivity contribution in [2.24, 2.45) is 11.8 Å². The van der Waals surface area contributed by atoms with Crippen LogP contribution in [0.25, 0.3) is 0 Å². The fraction of sp³-hybridized carbons (Fsp3) is 0.632. The molecule has 7 heteroatoms. The van der Waals surface area contributed by atoms with Crippen LogP contribution in [0.15, 0.2) is 24.3 Å². The third-order valence-electron chi connectivity index (χ3n) is 5.41. The number of methoxy groups -OCH3 is 1. The maximum atomic E-state index is 12.4. The third-order valence-corrected chi connectivity index (χ3v) is 5.41. The number of likely N-dealkylation sites (tertiary alicyclic amines) is 1. The molecule has 2 aliphatic rings. The summed E-state index contributed by atoms with van der Waals surface area (Å²) in [6.45, 7) is 1.33. The van der Waals surface area contributed by atoms with E-state index in [0.717, 1.165) is 31.5 Å². The zero-order valence-electron chi connectivity index (χ0n) is 15.2. The number of halogens is 2. The monoisotopic (exact) mass is 368 g/mol. The lowest BCUT2D eigenvalue weighted by molar-refractivity contribution is -0.121. The van der Waals surface area contributed by atoms with Gasteiger partial charge in [0.2, 0.25) is 5.91 Å². The molecule has 1 saturated heterocycles. The highest BCUT2D eigenvalue weighted by atomic mass is 19.3. The van der Waals surface area contributed by atoms with Gasteiger partial charge >= 0.3 is 6.61 Å². The van der Waals surface area contributed by atoms with Crippen LogP contribution in [0.3, 0.4) is 0 Å². The number of hydrogen-bond donors (Lipinski definition) is 1. The molecule has 2 fully saturated rings. The number of nitrogens with zero attached hydrogens (tertiary/aromatic N) is 1. The molecule has 5 nitrogen and oxygen atoms in total. The Morgan fingerprint density at radius 2 is 2.04 bits per heavy atom. The first-order chi connectivity index (χ1) is 12.4. The van der Waals surface area contributed by atoms with E-state index >= 15 is 0 Å². The van der Waals surface area contributed by atoms with Crippen LogP contribution >= 0.6 is 0 Å². The Morgan fingerprint density at radius 3 is 2.69 bits per heavy atom. The van der Waals surface area contributed by atoms with E-state index in [2.05, 4.69) is 15.0 Å². The van der Waals surface area contributed by atoms with Crippen LogP contribution in [-0.2, 0) is 16.1 Å². The number of hydrogen-bond acceptors (Lipinski definition) is 4. The van der Waals surface area contributed by atoms with Crippen molar-refractivity contribution in [1.82, 2.24) is 10.2 Å². The number of benzene rings is 1. The second-order valence-electron chi connectivity index (χ2n) is 7.29. The van der Waals surface area contributed by atoms with Crippen molar-refractivity contribution in [3.8, 4) is 5.75 Å². The molecule has 0 unspecified atom stereocenters. The first-order valence-corrected chi connectivity index (χ1v) is 9.00. The summed E-state index contributed by atoms with van der Waals surface area (Å²) in [5.41, 5.74) is 0.962. The molecule has 0 spiro atoms. The van der Waals surface area contributed by atoms with Gasteiger partial charge in [-0.05, 0) is 42.4 Å². The molecular weight excluding hydrogens is 342 g/mol. The fourth-order valence-electron chi connectivity index (χ4n) is 4.39. The Balaban J connectivity index is 1.61.